The number of thiazole rings is 1. The second kappa shape index (κ2) is 5.26. The molecule has 0 saturated carbocycles. The van der Waals surface area contributed by atoms with Crippen LogP contribution in [0.3, 0.4) is 0 Å². The molecular weight excluding hydrogens is 256 g/mol. The van der Waals surface area contributed by atoms with Gasteiger partial charge in [-0.2, -0.15) is 0 Å². The first kappa shape index (κ1) is 12.0. The molecule has 0 aliphatic heterocycles. The summed E-state index contributed by atoms with van der Waals surface area (Å²) in [4.78, 5) is 14.1. The van der Waals surface area contributed by atoms with Crippen LogP contribution in [0.2, 0.25) is 0 Å². The molecule has 0 saturated heterocycles. The van der Waals surface area contributed by atoms with E-state index in [1.165, 1.54) is 0 Å². The predicted molar refractivity (Wildman–Crippen MR) is 76.5 cm³/mol. The summed E-state index contributed by atoms with van der Waals surface area (Å²) in [5, 5.41) is 0.854. The molecular formula is C14H12N4S. The van der Waals surface area contributed by atoms with Crippen LogP contribution in [0.4, 0.5) is 0 Å². The van der Waals surface area contributed by atoms with Gasteiger partial charge >= 0.3 is 0 Å². The molecule has 3 aromatic rings. The van der Waals surface area contributed by atoms with Crippen molar-refractivity contribution in [2.75, 3.05) is 0 Å². The van der Waals surface area contributed by atoms with Crippen molar-refractivity contribution in [3.63, 3.8) is 0 Å². The number of nitrogens with two attached hydrogens (primary N) is 1. The van der Waals surface area contributed by atoms with Gasteiger partial charge in [-0.3, -0.25) is 9.97 Å². The number of hydrogen-bond donors (Lipinski definition) is 1. The molecule has 4 nitrogen and oxygen atoms in total. The molecule has 0 atom stereocenters. The maximum Gasteiger partial charge on any atom is 0.144 e. The van der Waals surface area contributed by atoms with Gasteiger partial charge in [-0.05, 0) is 0 Å². The van der Waals surface area contributed by atoms with Crippen molar-refractivity contribution in [1.82, 2.24) is 15.0 Å². The van der Waals surface area contributed by atoms with Gasteiger partial charge in [-0.25, -0.2) is 4.98 Å². The quantitative estimate of drug-likeness (QED) is 0.793. The Bertz CT molecular complexity index is 664. The zero-order chi connectivity index (χ0) is 13.1. The highest BCUT2D eigenvalue weighted by Crippen LogP contribution is 2.32. The van der Waals surface area contributed by atoms with Crippen molar-refractivity contribution in [2.45, 2.75) is 6.54 Å². The van der Waals surface area contributed by atoms with Crippen LogP contribution in [-0.4, -0.2) is 15.0 Å². The third kappa shape index (κ3) is 2.38. The van der Waals surface area contributed by atoms with Gasteiger partial charge in [0.1, 0.15) is 10.7 Å². The Morgan fingerprint density at radius 2 is 1.95 bits per heavy atom. The van der Waals surface area contributed by atoms with E-state index in [1.54, 1.807) is 29.9 Å². The predicted octanol–water partition coefficient (Wildman–Crippen LogP) is 2.73. The van der Waals surface area contributed by atoms with Crippen LogP contribution >= 0.6 is 11.3 Å². The van der Waals surface area contributed by atoms with E-state index in [4.69, 9.17) is 5.73 Å². The Morgan fingerprint density at radius 3 is 2.63 bits per heavy atom. The summed E-state index contributed by atoms with van der Waals surface area (Å²) in [6.07, 6.45) is 5.04. The second-order valence-electron chi connectivity index (χ2n) is 3.95. The van der Waals surface area contributed by atoms with Crippen LogP contribution < -0.4 is 5.73 Å². The number of benzene rings is 1. The lowest BCUT2D eigenvalue weighted by atomic mass is 10.1. The molecule has 0 spiro atoms. The Labute approximate surface area is 115 Å². The van der Waals surface area contributed by atoms with Crippen molar-refractivity contribution in [3.05, 3.63) is 53.8 Å². The van der Waals surface area contributed by atoms with Crippen LogP contribution in [-0.2, 0) is 6.54 Å². The van der Waals surface area contributed by atoms with E-state index in [0.717, 1.165) is 26.8 Å². The Hall–Kier alpha value is -2.11. The topological polar surface area (TPSA) is 64.7 Å². The van der Waals surface area contributed by atoms with Gasteiger partial charge < -0.3 is 5.73 Å². The summed E-state index contributed by atoms with van der Waals surface area (Å²) in [6.45, 7) is 0.474. The molecule has 19 heavy (non-hydrogen) atoms. The number of rotatable bonds is 3. The molecule has 0 bridgehead atoms. The average molecular weight is 268 g/mol. The van der Waals surface area contributed by atoms with Crippen LogP contribution in [0.15, 0.2) is 48.9 Å². The third-order valence-corrected chi connectivity index (χ3v) is 3.81. The summed E-state index contributed by atoms with van der Waals surface area (Å²) in [5.74, 6) is 0. The number of nitrogens with zero attached hydrogens (tertiary/aromatic N) is 3. The van der Waals surface area contributed by atoms with Crippen molar-refractivity contribution in [3.8, 4) is 22.0 Å². The maximum atomic E-state index is 5.81. The molecule has 3 rings (SSSR count). The largest absolute Gasteiger partial charge is 0.326 e. The highest BCUT2D eigenvalue weighted by Gasteiger charge is 2.13. The molecule has 5 heteroatoms. The van der Waals surface area contributed by atoms with E-state index in [9.17, 15) is 0 Å². The highest BCUT2D eigenvalue weighted by atomic mass is 32.1. The highest BCUT2D eigenvalue weighted by molar-refractivity contribution is 7.15. The van der Waals surface area contributed by atoms with Crippen molar-refractivity contribution < 1.29 is 0 Å². The van der Waals surface area contributed by atoms with E-state index >= 15 is 0 Å². The van der Waals surface area contributed by atoms with Crippen LogP contribution in [0.25, 0.3) is 22.0 Å². The Kier molecular flexibility index (Phi) is 3.31. The molecule has 0 radical (unpaired) electrons. The van der Waals surface area contributed by atoms with Gasteiger partial charge in [0, 0.05) is 29.4 Å². The fraction of sp³-hybridized carbons (Fsp3) is 0.0714. The van der Waals surface area contributed by atoms with Crippen molar-refractivity contribution in [2.24, 2.45) is 5.73 Å². The minimum atomic E-state index is 0.474. The standard InChI is InChI=1S/C14H12N4S/c15-8-12-13(10-4-2-1-3-5-10)18-14(19-12)11-9-16-6-7-17-11/h1-7,9H,8,15H2. The van der Waals surface area contributed by atoms with Gasteiger partial charge in [-0.1, -0.05) is 30.3 Å². The summed E-state index contributed by atoms with van der Waals surface area (Å²) >= 11 is 1.57. The van der Waals surface area contributed by atoms with Gasteiger partial charge in [-0.15, -0.1) is 11.3 Å². The minimum absolute atomic E-state index is 0.474. The molecule has 0 unspecified atom stereocenters. The fourth-order valence-electron chi connectivity index (χ4n) is 1.83. The summed E-state index contributed by atoms with van der Waals surface area (Å²) < 4.78 is 0. The molecule has 0 aliphatic rings. The molecule has 2 heterocycles. The lowest BCUT2D eigenvalue weighted by molar-refractivity contribution is 1.10. The maximum absolute atomic E-state index is 5.81. The molecule has 2 N–H and O–H groups in total. The first-order valence-electron chi connectivity index (χ1n) is 5.90. The zero-order valence-electron chi connectivity index (χ0n) is 10.2. The molecule has 2 aromatic heterocycles. The monoisotopic (exact) mass is 268 g/mol. The first-order valence-corrected chi connectivity index (χ1v) is 6.71. The van der Waals surface area contributed by atoms with E-state index in [-0.39, 0.29) is 0 Å². The average Bonchev–Trinajstić information content (AvgIpc) is 2.93. The zero-order valence-corrected chi connectivity index (χ0v) is 11.0. The van der Waals surface area contributed by atoms with E-state index < -0.39 is 0 Å². The fourth-order valence-corrected chi connectivity index (χ4v) is 2.75. The van der Waals surface area contributed by atoms with E-state index in [0.29, 0.717) is 6.54 Å². The van der Waals surface area contributed by atoms with Gasteiger partial charge in [0.05, 0.1) is 11.9 Å². The number of aromatic nitrogens is 3. The number of hydrogen-bond acceptors (Lipinski definition) is 5. The van der Waals surface area contributed by atoms with Gasteiger partial charge in [0.15, 0.2) is 0 Å². The second-order valence-corrected chi connectivity index (χ2v) is 5.04. The van der Waals surface area contributed by atoms with Gasteiger partial charge in [0.25, 0.3) is 0 Å². The van der Waals surface area contributed by atoms with E-state index in [1.807, 2.05) is 30.3 Å². The van der Waals surface area contributed by atoms with Crippen molar-refractivity contribution in [1.29, 1.82) is 0 Å². The van der Waals surface area contributed by atoms with Gasteiger partial charge in [0.2, 0.25) is 0 Å². The molecule has 0 fully saturated rings. The van der Waals surface area contributed by atoms with Crippen LogP contribution in [0, 0.1) is 0 Å². The summed E-state index contributed by atoms with van der Waals surface area (Å²) in [7, 11) is 0. The summed E-state index contributed by atoms with van der Waals surface area (Å²) in [6, 6.07) is 10.1. The van der Waals surface area contributed by atoms with E-state index in [2.05, 4.69) is 15.0 Å². The molecule has 0 amide bonds. The lowest BCUT2D eigenvalue weighted by Crippen LogP contribution is -1.95. The molecule has 1 aromatic carbocycles. The lowest BCUT2D eigenvalue weighted by Gasteiger charge is -1.98. The molecule has 94 valence electrons. The van der Waals surface area contributed by atoms with Crippen LogP contribution in [0.5, 0.6) is 0 Å². The van der Waals surface area contributed by atoms with Crippen molar-refractivity contribution >= 4 is 11.3 Å². The molecule has 0 aliphatic carbocycles. The Balaban J connectivity index is 2.09. The SMILES string of the molecule is NCc1sc(-c2cnccn2)nc1-c1ccccc1. The first-order chi connectivity index (χ1) is 9.38. The Morgan fingerprint density at radius 1 is 1.11 bits per heavy atom. The summed E-state index contributed by atoms with van der Waals surface area (Å²) in [5.41, 5.74) is 8.61. The minimum Gasteiger partial charge on any atom is -0.326 e. The normalized spacial score (nSPS) is 10.6. The van der Waals surface area contributed by atoms with Crippen LogP contribution in [0.1, 0.15) is 4.88 Å². The smallest absolute Gasteiger partial charge is 0.144 e. The third-order valence-electron chi connectivity index (χ3n) is 2.71.